The van der Waals surface area contributed by atoms with Crippen LogP contribution in [0.15, 0.2) is 72.8 Å². The van der Waals surface area contributed by atoms with Crippen LogP contribution in [0.2, 0.25) is 0 Å². The first-order valence-corrected chi connectivity index (χ1v) is 9.57. The Bertz CT molecular complexity index is 1300. The van der Waals surface area contributed by atoms with Gasteiger partial charge in [-0.1, -0.05) is 42.0 Å². The molecule has 0 atom stereocenters. The van der Waals surface area contributed by atoms with Crippen molar-refractivity contribution in [2.45, 2.75) is 6.92 Å². The molecule has 0 spiro atoms. The van der Waals surface area contributed by atoms with Crippen molar-refractivity contribution in [2.24, 2.45) is 0 Å². The number of nitro benzene ring substituents is 1. The third-order valence-corrected chi connectivity index (χ3v) is 4.93. The summed E-state index contributed by atoms with van der Waals surface area (Å²) >= 11 is 0. The van der Waals surface area contributed by atoms with E-state index in [1.165, 1.54) is 19.2 Å². The molecule has 0 saturated carbocycles. The smallest absolute Gasteiger partial charge is 0.296 e. The van der Waals surface area contributed by atoms with E-state index in [9.17, 15) is 14.9 Å². The molecule has 0 fully saturated rings. The minimum atomic E-state index is -0.553. The van der Waals surface area contributed by atoms with Crippen molar-refractivity contribution < 1.29 is 14.5 Å². The SMILES string of the molecule is COc1ccc(NC(=O)c2cc(-c3ccccc3)nc3ccc(C)cc23)c([N+](=O)[O-])c1. The second-order valence-electron chi connectivity index (χ2n) is 7.04. The number of rotatable bonds is 5. The molecule has 7 nitrogen and oxygen atoms in total. The van der Waals surface area contributed by atoms with Gasteiger partial charge in [0.15, 0.2) is 0 Å². The van der Waals surface area contributed by atoms with Crippen molar-refractivity contribution in [1.29, 1.82) is 0 Å². The topological polar surface area (TPSA) is 94.4 Å². The molecule has 0 unspecified atom stereocenters. The highest BCUT2D eigenvalue weighted by Gasteiger charge is 2.20. The minimum Gasteiger partial charge on any atom is -0.496 e. The molecular weight excluding hydrogens is 394 g/mol. The van der Waals surface area contributed by atoms with Gasteiger partial charge in [-0.15, -0.1) is 0 Å². The first-order valence-electron chi connectivity index (χ1n) is 9.57. The highest BCUT2D eigenvalue weighted by molar-refractivity contribution is 6.13. The van der Waals surface area contributed by atoms with Crippen molar-refractivity contribution in [3.8, 4) is 17.0 Å². The molecule has 3 aromatic carbocycles. The molecule has 1 aromatic heterocycles. The molecule has 1 amide bonds. The second-order valence-corrected chi connectivity index (χ2v) is 7.04. The molecule has 0 aliphatic rings. The maximum absolute atomic E-state index is 13.3. The van der Waals surface area contributed by atoms with Crippen molar-refractivity contribution in [3.63, 3.8) is 0 Å². The summed E-state index contributed by atoms with van der Waals surface area (Å²) in [6.07, 6.45) is 0. The highest BCUT2D eigenvalue weighted by atomic mass is 16.6. The third kappa shape index (κ3) is 4.06. The summed E-state index contributed by atoms with van der Waals surface area (Å²) in [5.74, 6) is -0.121. The van der Waals surface area contributed by atoms with Crippen LogP contribution in [0.1, 0.15) is 15.9 Å². The Hall–Kier alpha value is -4.26. The fraction of sp³-hybridized carbons (Fsp3) is 0.0833. The number of ether oxygens (including phenoxy) is 1. The fourth-order valence-electron chi connectivity index (χ4n) is 3.37. The van der Waals surface area contributed by atoms with Crippen LogP contribution in [0.25, 0.3) is 22.2 Å². The Kier molecular flexibility index (Phi) is 5.32. The first kappa shape index (κ1) is 20.0. The Morgan fingerprint density at radius 2 is 1.81 bits per heavy atom. The van der Waals surface area contributed by atoms with Crippen LogP contribution in [0, 0.1) is 17.0 Å². The lowest BCUT2D eigenvalue weighted by molar-refractivity contribution is -0.384. The predicted octanol–water partition coefficient (Wildman–Crippen LogP) is 5.38. The van der Waals surface area contributed by atoms with E-state index >= 15 is 0 Å². The number of hydrogen-bond acceptors (Lipinski definition) is 5. The fourth-order valence-corrected chi connectivity index (χ4v) is 3.37. The predicted molar refractivity (Wildman–Crippen MR) is 120 cm³/mol. The van der Waals surface area contributed by atoms with Crippen LogP contribution < -0.4 is 10.1 Å². The molecule has 0 radical (unpaired) electrons. The van der Waals surface area contributed by atoms with E-state index in [0.717, 1.165) is 11.1 Å². The van der Waals surface area contributed by atoms with Crippen molar-refractivity contribution in [1.82, 2.24) is 4.98 Å². The number of fused-ring (bicyclic) bond motifs is 1. The molecule has 0 bridgehead atoms. The van der Waals surface area contributed by atoms with E-state index in [4.69, 9.17) is 9.72 Å². The van der Waals surface area contributed by atoms with Gasteiger partial charge >= 0.3 is 0 Å². The van der Waals surface area contributed by atoms with Gasteiger partial charge in [0.2, 0.25) is 0 Å². The second kappa shape index (κ2) is 8.23. The molecule has 0 saturated heterocycles. The van der Waals surface area contributed by atoms with Crippen molar-refractivity contribution in [3.05, 3.63) is 94.0 Å². The van der Waals surface area contributed by atoms with E-state index in [1.807, 2.05) is 55.5 Å². The largest absolute Gasteiger partial charge is 0.496 e. The van der Waals surface area contributed by atoms with Gasteiger partial charge in [-0.2, -0.15) is 0 Å². The molecule has 1 N–H and O–H groups in total. The van der Waals surface area contributed by atoms with Gasteiger partial charge in [0.1, 0.15) is 11.4 Å². The van der Waals surface area contributed by atoms with Gasteiger partial charge in [-0.05, 0) is 37.3 Å². The molecule has 0 aliphatic carbocycles. The van der Waals surface area contributed by atoms with Gasteiger partial charge in [0.25, 0.3) is 11.6 Å². The Morgan fingerprint density at radius 3 is 2.52 bits per heavy atom. The summed E-state index contributed by atoms with van der Waals surface area (Å²) in [5, 5.41) is 14.9. The number of carbonyl (C=O) groups is 1. The lowest BCUT2D eigenvalue weighted by atomic mass is 10.0. The summed E-state index contributed by atoms with van der Waals surface area (Å²) in [5.41, 5.74) is 3.39. The number of amides is 1. The lowest BCUT2D eigenvalue weighted by Crippen LogP contribution is -2.14. The van der Waals surface area contributed by atoms with Crippen LogP contribution in [0.4, 0.5) is 11.4 Å². The number of anilines is 1. The molecule has 154 valence electrons. The molecule has 1 heterocycles. The molecule has 7 heteroatoms. The maximum atomic E-state index is 13.3. The Balaban J connectivity index is 1.82. The average molecular weight is 413 g/mol. The summed E-state index contributed by atoms with van der Waals surface area (Å²) in [4.78, 5) is 28.9. The van der Waals surface area contributed by atoms with Gasteiger partial charge in [-0.25, -0.2) is 4.98 Å². The maximum Gasteiger partial charge on any atom is 0.296 e. The molecular formula is C24H19N3O4. The number of aromatic nitrogens is 1. The molecule has 0 aliphatic heterocycles. The normalized spacial score (nSPS) is 10.6. The highest BCUT2D eigenvalue weighted by Crippen LogP contribution is 2.31. The Labute approximate surface area is 178 Å². The summed E-state index contributed by atoms with van der Waals surface area (Å²) < 4.78 is 5.06. The quantitative estimate of drug-likeness (QED) is 0.350. The summed E-state index contributed by atoms with van der Waals surface area (Å²) in [6.45, 7) is 1.93. The van der Waals surface area contributed by atoms with Gasteiger partial charge in [-0.3, -0.25) is 14.9 Å². The summed E-state index contributed by atoms with van der Waals surface area (Å²) in [7, 11) is 1.42. The number of hydrogen-bond donors (Lipinski definition) is 1. The van der Waals surface area contributed by atoms with Crippen LogP contribution in [0.3, 0.4) is 0 Å². The standard InChI is InChI=1S/C24H19N3O4/c1-15-8-10-20-18(12-15)19(14-22(25-20)16-6-4-3-5-7-16)24(28)26-21-11-9-17(31-2)13-23(21)27(29)30/h3-14H,1-2H3,(H,26,28). The van der Waals surface area contributed by atoms with E-state index in [-0.39, 0.29) is 11.4 Å². The number of methoxy groups -OCH3 is 1. The van der Waals surface area contributed by atoms with Crippen LogP contribution in [-0.2, 0) is 0 Å². The monoisotopic (exact) mass is 413 g/mol. The van der Waals surface area contributed by atoms with E-state index in [1.54, 1.807) is 12.1 Å². The van der Waals surface area contributed by atoms with E-state index in [0.29, 0.717) is 27.9 Å². The zero-order valence-electron chi connectivity index (χ0n) is 17.0. The number of nitrogens with zero attached hydrogens (tertiary/aromatic N) is 2. The number of nitro groups is 1. The number of pyridine rings is 1. The van der Waals surface area contributed by atoms with E-state index in [2.05, 4.69) is 5.32 Å². The first-order chi connectivity index (χ1) is 15.0. The summed E-state index contributed by atoms with van der Waals surface area (Å²) in [6, 6.07) is 21.2. The number of benzene rings is 3. The third-order valence-electron chi connectivity index (χ3n) is 4.93. The van der Waals surface area contributed by atoms with Crippen LogP contribution >= 0.6 is 0 Å². The molecule has 4 rings (SSSR count). The minimum absolute atomic E-state index is 0.0923. The average Bonchev–Trinajstić information content (AvgIpc) is 2.79. The van der Waals surface area contributed by atoms with E-state index < -0.39 is 10.8 Å². The zero-order chi connectivity index (χ0) is 22.0. The molecule has 31 heavy (non-hydrogen) atoms. The number of aryl methyl sites for hydroxylation is 1. The number of carbonyl (C=O) groups excluding carboxylic acids is 1. The van der Waals surface area contributed by atoms with Crippen LogP contribution in [-0.4, -0.2) is 22.9 Å². The molecule has 4 aromatic rings. The van der Waals surface area contributed by atoms with Crippen molar-refractivity contribution in [2.75, 3.05) is 12.4 Å². The lowest BCUT2D eigenvalue weighted by Gasteiger charge is -2.12. The van der Waals surface area contributed by atoms with Gasteiger partial charge in [0.05, 0.1) is 34.9 Å². The zero-order valence-corrected chi connectivity index (χ0v) is 17.0. The Morgan fingerprint density at radius 1 is 1.03 bits per heavy atom. The van der Waals surface area contributed by atoms with Gasteiger partial charge < -0.3 is 10.1 Å². The number of nitrogens with one attached hydrogen (secondary N) is 1. The van der Waals surface area contributed by atoms with Gasteiger partial charge in [0, 0.05) is 10.9 Å². The van der Waals surface area contributed by atoms with Crippen LogP contribution in [0.5, 0.6) is 5.75 Å². The van der Waals surface area contributed by atoms with Crippen molar-refractivity contribution >= 4 is 28.2 Å².